The van der Waals surface area contributed by atoms with Gasteiger partial charge in [0.25, 0.3) is 0 Å². The maximum absolute atomic E-state index is 10.3. The van der Waals surface area contributed by atoms with E-state index in [0.717, 1.165) is 18.7 Å². The van der Waals surface area contributed by atoms with Gasteiger partial charge in [-0.2, -0.15) is 0 Å². The lowest BCUT2D eigenvalue weighted by molar-refractivity contribution is -0.137. The summed E-state index contributed by atoms with van der Waals surface area (Å²) in [5, 5.41) is 21.1. The minimum atomic E-state index is -0.878. The van der Waals surface area contributed by atoms with Gasteiger partial charge in [-0.25, -0.2) is 0 Å². The number of hydrogen-bond acceptors (Lipinski definition) is 4. The molecule has 0 saturated heterocycles. The molecule has 0 radical (unpaired) electrons. The summed E-state index contributed by atoms with van der Waals surface area (Å²) in [6, 6.07) is 7.83. The molecule has 1 aromatic carbocycles. The fourth-order valence-corrected chi connectivity index (χ4v) is 1.69. The van der Waals surface area contributed by atoms with Crippen molar-refractivity contribution in [1.29, 1.82) is 0 Å². The summed E-state index contributed by atoms with van der Waals surface area (Å²) in [4.78, 5) is 10.3. The number of carboxylic acid groups (broad SMARTS) is 1. The molecular formula is C14H21NO4. The van der Waals surface area contributed by atoms with Crippen LogP contribution in [-0.4, -0.2) is 42.5 Å². The molecular weight excluding hydrogens is 246 g/mol. The van der Waals surface area contributed by atoms with Gasteiger partial charge in [0.2, 0.25) is 0 Å². The molecule has 0 saturated carbocycles. The lowest BCUT2D eigenvalue weighted by atomic mass is 10.1. The largest absolute Gasteiger partial charge is 0.497 e. The number of carboxylic acids is 1. The fourth-order valence-electron chi connectivity index (χ4n) is 1.69. The topological polar surface area (TPSA) is 78.8 Å². The average Bonchev–Trinajstić information content (AvgIpc) is 2.42. The van der Waals surface area contributed by atoms with Crippen LogP contribution in [0.1, 0.15) is 18.4 Å². The van der Waals surface area contributed by atoms with Gasteiger partial charge in [0, 0.05) is 13.0 Å². The highest BCUT2D eigenvalue weighted by molar-refractivity contribution is 5.66. The third kappa shape index (κ3) is 6.79. The van der Waals surface area contributed by atoms with Crippen molar-refractivity contribution in [2.45, 2.75) is 25.4 Å². The summed E-state index contributed by atoms with van der Waals surface area (Å²) in [5.74, 6) is -0.0434. The molecule has 3 N–H and O–H groups in total. The number of nitrogens with one attached hydrogen (secondary N) is 1. The predicted molar refractivity (Wildman–Crippen MR) is 72.4 cm³/mol. The summed E-state index contributed by atoms with van der Waals surface area (Å²) < 4.78 is 5.08. The van der Waals surface area contributed by atoms with Crippen molar-refractivity contribution in [2.24, 2.45) is 0 Å². The molecule has 1 aromatic rings. The zero-order chi connectivity index (χ0) is 14.1. The number of aliphatic carboxylic acids is 1. The Morgan fingerprint density at radius 2 is 2.05 bits per heavy atom. The molecule has 5 nitrogen and oxygen atoms in total. The Balaban J connectivity index is 2.14. The van der Waals surface area contributed by atoms with Crippen molar-refractivity contribution < 1.29 is 19.7 Å². The second-order valence-corrected chi connectivity index (χ2v) is 4.39. The molecule has 0 aliphatic carbocycles. The van der Waals surface area contributed by atoms with Gasteiger partial charge in [-0.15, -0.1) is 0 Å². The smallest absolute Gasteiger partial charge is 0.303 e. The lowest BCUT2D eigenvalue weighted by Gasteiger charge is -2.10. The summed E-state index contributed by atoms with van der Waals surface area (Å²) in [5.41, 5.74) is 1.19. The maximum Gasteiger partial charge on any atom is 0.303 e. The molecule has 0 spiro atoms. The van der Waals surface area contributed by atoms with Gasteiger partial charge in [-0.1, -0.05) is 12.1 Å². The van der Waals surface area contributed by atoms with Gasteiger partial charge in [0.05, 0.1) is 13.2 Å². The van der Waals surface area contributed by atoms with E-state index in [4.69, 9.17) is 9.84 Å². The Kier molecular flexibility index (Phi) is 6.92. The Morgan fingerprint density at radius 3 is 2.63 bits per heavy atom. The molecule has 1 atom stereocenters. The van der Waals surface area contributed by atoms with Crippen molar-refractivity contribution >= 4 is 5.97 Å². The van der Waals surface area contributed by atoms with Crippen LogP contribution in [0.15, 0.2) is 24.3 Å². The van der Waals surface area contributed by atoms with Crippen LogP contribution in [0.2, 0.25) is 0 Å². The molecule has 19 heavy (non-hydrogen) atoms. The number of rotatable bonds is 9. The third-order valence-corrected chi connectivity index (χ3v) is 2.82. The molecule has 0 aliphatic heterocycles. The van der Waals surface area contributed by atoms with Crippen LogP contribution in [-0.2, 0) is 11.2 Å². The standard InChI is InChI=1S/C14H21NO4/c1-19-13-5-2-11(3-6-13)8-9-15-10-12(16)4-7-14(17)18/h2-3,5-6,12,15-16H,4,7-10H2,1H3,(H,17,18). The Morgan fingerprint density at radius 1 is 1.37 bits per heavy atom. The first-order valence-corrected chi connectivity index (χ1v) is 6.35. The lowest BCUT2D eigenvalue weighted by Crippen LogP contribution is -2.28. The number of aliphatic hydroxyl groups is 1. The first kappa shape index (κ1) is 15.5. The average molecular weight is 267 g/mol. The van der Waals surface area contributed by atoms with Crippen LogP contribution in [0.4, 0.5) is 0 Å². The summed E-state index contributed by atoms with van der Waals surface area (Å²) in [6.07, 6.45) is 0.536. The molecule has 0 amide bonds. The highest BCUT2D eigenvalue weighted by Gasteiger charge is 2.06. The quantitative estimate of drug-likeness (QED) is 0.583. The first-order valence-electron chi connectivity index (χ1n) is 6.35. The normalized spacial score (nSPS) is 12.1. The van der Waals surface area contributed by atoms with E-state index in [1.54, 1.807) is 7.11 Å². The molecule has 0 aromatic heterocycles. The van der Waals surface area contributed by atoms with E-state index in [0.29, 0.717) is 6.54 Å². The van der Waals surface area contributed by atoms with Crippen LogP contribution >= 0.6 is 0 Å². The summed E-state index contributed by atoms with van der Waals surface area (Å²) in [7, 11) is 1.63. The van der Waals surface area contributed by atoms with Crippen molar-refractivity contribution in [3.05, 3.63) is 29.8 Å². The van der Waals surface area contributed by atoms with E-state index >= 15 is 0 Å². The zero-order valence-corrected chi connectivity index (χ0v) is 11.1. The van der Waals surface area contributed by atoms with Crippen molar-refractivity contribution in [1.82, 2.24) is 5.32 Å². The van der Waals surface area contributed by atoms with Gasteiger partial charge in [-0.05, 0) is 37.1 Å². The third-order valence-electron chi connectivity index (χ3n) is 2.82. The van der Waals surface area contributed by atoms with Crippen molar-refractivity contribution in [3.8, 4) is 5.75 Å². The molecule has 0 fully saturated rings. The number of hydrogen-bond donors (Lipinski definition) is 3. The molecule has 5 heteroatoms. The van der Waals surface area contributed by atoms with Crippen molar-refractivity contribution in [2.75, 3.05) is 20.2 Å². The van der Waals surface area contributed by atoms with Gasteiger partial charge in [0.15, 0.2) is 0 Å². The van der Waals surface area contributed by atoms with Crippen LogP contribution < -0.4 is 10.1 Å². The second-order valence-electron chi connectivity index (χ2n) is 4.39. The van der Waals surface area contributed by atoms with Crippen molar-refractivity contribution in [3.63, 3.8) is 0 Å². The molecule has 0 bridgehead atoms. The minimum Gasteiger partial charge on any atom is -0.497 e. The maximum atomic E-state index is 10.3. The Hall–Kier alpha value is -1.59. The van der Waals surface area contributed by atoms with E-state index in [2.05, 4.69) is 5.32 Å². The zero-order valence-electron chi connectivity index (χ0n) is 11.1. The van der Waals surface area contributed by atoms with E-state index in [9.17, 15) is 9.90 Å². The molecule has 1 unspecified atom stereocenters. The van der Waals surface area contributed by atoms with Crippen LogP contribution in [0, 0.1) is 0 Å². The van der Waals surface area contributed by atoms with Gasteiger partial charge >= 0.3 is 5.97 Å². The molecule has 1 rings (SSSR count). The fraction of sp³-hybridized carbons (Fsp3) is 0.500. The number of benzene rings is 1. The number of ether oxygens (including phenoxy) is 1. The second kappa shape index (κ2) is 8.50. The highest BCUT2D eigenvalue weighted by atomic mass is 16.5. The van der Waals surface area contributed by atoms with Gasteiger partial charge in [-0.3, -0.25) is 4.79 Å². The van der Waals surface area contributed by atoms with E-state index in [1.165, 1.54) is 5.56 Å². The summed E-state index contributed by atoms with van der Waals surface area (Å²) in [6.45, 7) is 1.17. The number of aliphatic hydroxyl groups excluding tert-OH is 1. The number of methoxy groups -OCH3 is 1. The van der Waals surface area contributed by atoms with Crippen LogP contribution in [0.25, 0.3) is 0 Å². The molecule has 0 aliphatic rings. The van der Waals surface area contributed by atoms with Gasteiger partial charge < -0.3 is 20.3 Å². The highest BCUT2D eigenvalue weighted by Crippen LogP contribution is 2.11. The van der Waals surface area contributed by atoms with Crippen LogP contribution in [0.3, 0.4) is 0 Å². The SMILES string of the molecule is COc1ccc(CCNCC(O)CCC(=O)O)cc1. The molecule has 0 heterocycles. The monoisotopic (exact) mass is 267 g/mol. The van der Waals surface area contributed by atoms with Gasteiger partial charge in [0.1, 0.15) is 5.75 Å². The summed E-state index contributed by atoms with van der Waals surface area (Å²) >= 11 is 0. The van der Waals surface area contributed by atoms with E-state index in [-0.39, 0.29) is 12.8 Å². The Labute approximate surface area is 113 Å². The predicted octanol–water partition coefficient (Wildman–Crippen LogP) is 1.05. The first-order chi connectivity index (χ1) is 9.11. The van der Waals surface area contributed by atoms with E-state index in [1.807, 2.05) is 24.3 Å². The minimum absolute atomic E-state index is 0.00132. The number of carbonyl (C=O) groups is 1. The molecule has 106 valence electrons. The Bertz CT molecular complexity index is 378. The van der Waals surface area contributed by atoms with Crippen LogP contribution in [0.5, 0.6) is 5.75 Å². The van der Waals surface area contributed by atoms with E-state index < -0.39 is 12.1 Å².